The third kappa shape index (κ3) is 2.19. The first-order chi connectivity index (χ1) is 7.19. The van der Waals surface area contributed by atoms with Crippen LogP contribution in [0.4, 0.5) is 0 Å². The smallest absolute Gasteiger partial charge is 0.303 e. The lowest BCUT2D eigenvalue weighted by molar-refractivity contribution is -0.138. The maximum absolute atomic E-state index is 10.6. The van der Waals surface area contributed by atoms with Crippen molar-refractivity contribution in [2.24, 2.45) is 5.92 Å². The Kier molecular flexibility index (Phi) is 2.75. The molecule has 0 saturated carbocycles. The fourth-order valence-corrected chi connectivity index (χ4v) is 2.07. The van der Waals surface area contributed by atoms with Gasteiger partial charge < -0.3 is 9.52 Å². The predicted octanol–water partition coefficient (Wildman–Crippen LogP) is 1.82. The van der Waals surface area contributed by atoms with Crippen LogP contribution in [0.3, 0.4) is 0 Å². The van der Waals surface area contributed by atoms with Crippen LogP contribution in [0.5, 0.6) is 0 Å². The van der Waals surface area contributed by atoms with Crippen molar-refractivity contribution in [2.75, 3.05) is 0 Å². The molecule has 1 aromatic rings. The number of hydrogen-bond acceptors (Lipinski definition) is 3. The van der Waals surface area contributed by atoms with Gasteiger partial charge in [-0.2, -0.15) is 0 Å². The maximum Gasteiger partial charge on any atom is 0.303 e. The van der Waals surface area contributed by atoms with Gasteiger partial charge in [0.05, 0.1) is 5.69 Å². The number of aryl methyl sites for hydroxylation is 2. The Morgan fingerprint density at radius 1 is 1.67 bits per heavy atom. The van der Waals surface area contributed by atoms with Crippen LogP contribution in [0.15, 0.2) is 4.42 Å². The number of fused-ring (bicyclic) bond motifs is 1. The monoisotopic (exact) mass is 209 g/mol. The Labute approximate surface area is 88.3 Å². The molecule has 0 aliphatic heterocycles. The van der Waals surface area contributed by atoms with Crippen LogP contribution in [0, 0.1) is 5.92 Å². The minimum absolute atomic E-state index is 0.227. The lowest BCUT2D eigenvalue weighted by atomic mass is 9.88. The van der Waals surface area contributed by atoms with Gasteiger partial charge in [-0.1, -0.05) is 6.92 Å². The largest absolute Gasteiger partial charge is 0.481 e. The number of hydrogen-bond donors (Lipinski definition) is 1. The summed E-state index contributed by atoms with van der Waals surface area (Å²) >= 11 is 0. The van der Waals surface area contributed by atoms with Crippen LogP contribution in [-0.2, 0) is 24.1 Å². The summed E-state index contributed by atoms with van der Waals surface area (Å²) in [6, 6.07) is 0. The first kappa shape index (κ1) is 10.2. The van der Waals surface area contributed by atoms with E-state index in [1.54, 1.807) is 0 Å². The van der Waals surface area contributed by atoms with E-state index in [4.69, 9.17) is 9.52 Å². The zero-order valence-electron chi connectivity index (χ0n) is 8.82. The van der Waals surface area contributed by atoms with Gasteiger partial charge in [-0.05, 0) is 18.8 Å². The molecule has 1 aromatic heterocycles. The van der Waals surface area contributed by atoms with Crippen LogP contribution < -0.4 is 0 Å². The molecule has 0 radical (unpaired) electrons. The highest BCUT2D eigenvalue weighted by atomic mass is 16.4. The Hall–Kier alpha value is -1.32. The van der Waals surface area contributed by atoms with E-state index < -0.39 is 5.97 Å². The Morgan fingerprint density at radius 3 is 3.13 bits per heavy atom. The van der Waals surface area contributed by atoms with Gasteiger partial charge in [-0.3, -0.25) is 4.79 Å². The van der Waals surface area contributed by atoms with Gasteiger partial charge >= 0.3 is 5.97 Å². The summed E-state index contributed by atoms with van der Waals surface area (Å²) in [5, 5.41) is 8.72. The third-order valence-electron chi connectivity index (χ3n) is 2.85. The summed E-state index contributed by atoms with van der Waals surface area (Å²) in [6.45, 7) is 2.01. The fourth-order valence-electron chi connectivity index (χ4n) is 2.07. The molecule has 1 aliphatic rings. The third-order valence-corrected chi connectivity index (χ3v) is 2.85. The molecule has 4 heteroatoms. The van der Waals surface area contributed by atoms with Crippen molar-refractivity contribution in [1.29, 1.82) is 0 Å². The molecule has 4 nitrogen and oxygen atoms in total. The van der Waals surface area contributed by atoms with Crippen LogP contribution in [0.2, 0.25) is 0 Å². The van der Waals surface area contributed by atoms with Crippen molar-refractivity contribution >= 4 is 5.97 Å². The molecule has 15 heavy (non-hydrogen) atoms. The number of carboxylic acid groups (broad SMARTS) is 1. The first-order valence-electron chi connectivity index (χ1n) is 5.38. The Morgan fingerprint density at radius 2 is 2.47 bits per heavy atom. The van der Waals surface area contributed by atoms with Gasteiger partial charge in [0, 0.05) is 19.3 Å². The molecule has 1 atom stereocenters. The molecule has 82 valence electrons. The van der Waals surface area contributed by atoms with Gasteiger partial charge in [-0.25, -0.2) is 4.98 Å². The van der Waals surface area contributed by atoms with E-state index in [1.165, 1.54) is 0 Å². The molecular formula is C11H15NO3. The highest BCUT2D eigenvalue weighted by Gasteiger charge is 2.25. The topological polar surface area (TPSA) is 63.3 Å². The first-order valence-corrected chi connectivity index (χ1v) is 5.38. The van der Waals surface area contributed by atoms with E-state index in [0.29, 0.717) is 0 Å². The van der Waals surface area contributed by atoms with Crippen LogP contribution in [0.25, 0.3) is 0 Å². The molecule has 2 rings (SSSR count). The SMILES string of the molecule is CCc1nc2c(o1)CCC(CC(=O)O)C2. The lowest BCUT2D eigenvalue weighted by Crippen LogP contribution is -2.16. The van der Waals surface area contributed by atoms with Gasteiger partial charge in [0.2, 0.25) is 0 Å². The summed E-state index contributed by atoms with van der Waals surface area (Å²) in [7, 11) is 0. The summed E-state index contributed by atoms with van der Waals surface area (Å²) in [6.07, 6.45) is 3.54. The molecule has 1 N–H and O–H groups in total. The molecule has 0 saturated heterocycles. The average Bonchev–Trinajstić information content (AvgIpc) is 2.58. The van der Waals surface area contributed by atoms with Gasteiger partial charge in [0.15, 0.2) is 5.89 Å². The van der Waals surface area contributed by atoms with E-state index in [1.807, 2.05) is 6.92 Å². The molecule has 1 aliphatic carbocycles. The van der Waals surface area contributed by atoms with Crippen molar-refractivity contribution in [1.82, 2.24) is 4.98 Å². The number of nitrogens with zero attached hydrogens (tertiary/aromatic N) is 1. The second-order valence-corrected chi connectivity index (χ2v) is 4.04. The number of carboxylic acids is 1. The molecule has 0 bridgehead atoms. The predicted molar refractivity (Wildman–Crippen MR) is 53.6 cm³/mol. The van der Waals surface area contributed by atoms with Gasteiger partial charge in [-0.15, -0.1) is 0 Å². The minimum atomic E-state index is -0.720. The van der Waals surface area contributed by atoms with Gasteiger partial charge in [0.25, 0.3) is 0 Å². The van der Waals surface area contributed by atoms with Crippen molar-refractivity contribution < 1.29 is 14.3 Å². The second-order valence-electron chi connectivity index (χ2n) is 4.04. The molecule has 1 heterocycles. The molecule has 0 amide bonds. The summed E-state index contributed by atoms with van der Waals surface area (Å²) in [4.78, 5) is 15.0. The fraction of sp³-hybridized carbons (Fsp3) is 0.636. The summed E-state index contributed by atoms with van der Waals surface area (Å²) in [5.74, 6) is 1.25. The lowest BCUT2D eigenvalue weighted by Gasteiger charge is -2.17. The normalized spacial score (nSPS) is 19.9. The average molecular weight is 209 g/mol. The zero-order chi connectivity index (χ0) is 10.8. The highest BCUT2D eigenvalue weighted by Crippen LogP contribution is 2.27. The number of aliphatic carboxylic acids is 1. The molecule has 0 spiro atoms. The van der Waals surface area contributed by atoms with E-state index >= 15 is 0 Å². The Balaban J connectivity index is 2.08. The minimum Gasteiger partial charge on any atom is -0.481 e. The van der Waals surface area contributed by atoms with Crippen LogP contribution in [0.1, 0.15) is 37.1 Å². The number of oxazole rings is 1. The summed E-state index contributed by atoms with van der Waals surface area (Å²) < 4.78 is 5.55. The molecular weight excluding hydrogens is 194 g/mol. The van der Waals surface area contributed by atoms with Crippen molar-refractivity contribution in [3.05, 3.63) is 17.3 Å². The molecule has 0 aromatic carbocycles. The van der Waals surface area contributed by atoms with Crippen molar-refractivity contribution in [3.8, 4) is 0 Å². The Bertz CT molecular complexity index is 370. The second kappa shape index (κ2) is 4.04. The standard InChI is InChI=1S/C11H15NO3/c1-2-10-12-8-5-7(6-11(13)14)3-4-9(8)15-10/h7H,2-6H2,1H3,(H,13,14). The zero-order valence-corrected chi connectivity index (χ0v) is 8.82. The maximum atomic E-state index is 10.6. The number of rotatable bonds is 3. The molecule has 1 unspecified atom stereocenters. The number of aromatic nitrogens is 1. The quantitative estimate of drug-likeness (QED) is 0.824. The van der Waals surface area contributed by atoms with Crippen molar-refractivity contribution in [3.63, 3.8) is 0 Å². The number of carbonyl (C=O) groups is 1. The highest BCUT2D eigenvalue weighted by molar-refractivity contribution is 5.67. The molecule has 0 fully saturated rings. The van der Waals surface area contributed by atoms with E-state index in [-0.39, 0.29) is 12.3 Å². The van der Waals surface area contributed by atoms with E-state index in [2.05, 4.69) is 4.98 Å². The summed E-state index contributed by atoms with van der Waals surface area (Å²) in [5.41, 5.74) is 0.976. The van der Waals surface area contributed by atoms with Crippen LogP contribution >= 0.6 is 0 Å². The van der Waals surface area contributed by atoms with E-state index in [0.717, 1.165) is 43.0 Å². The van der Waals surface area contributed by atoms with Gasteiger partial charge in [0.1, 0.15) is 5.76 Å². The van der Waals surface area contributed by atoms with Crippen molar-refractivity contribution in [2.45, 2.75) is 39.0 Å². The van der Waals surface area contributed by atoms with E-state index in [9.17, 15) is 4.79 Å². The van der Waals surface area contributed by atoms with Crippen LogP contribution in [-0.4, -0.2) is 16.1 Å².